The second kappa shape index (κ2) is 13.5. The lowest BCUT2D eigenvalue weighted by atomic mass is 10.1. The highest BCUT2D eigenvalue weighted by atomic mass is 16.4. The maximum atomic E-state index is 10.3. The molecule has 0 fully saturated rings. The van der Waals surface area contributed by atoms with Gasteiger partial charge in [0.15, 0.2) is 11.9 Å². The van der Waals surface area contributed by atoms with Crippen LogP contribution in [0.15, 0.2) is 0 Å². The maximum absolute atomic E-state index is 10.3. The van der Waals surface area contributed by atoms with Gasteiger partial charge in [0.25, 0.3) is 0 Å². The summed E-state index contributed by atoms with van der Waals surface area (Å²) in [5, 5.41) is 32.9. The first kappa shape index (κ1) is 26.6. The first-order valence-electron chi connectivity index (χ1n) is 4.88. The van der Waals surface area contributed by atoms with E-state index in [0.717, 1.165) is 0 Å². The molecule has 10 nitrogen and oxygen atoms in total. The summed E-state index contributed by atoms with van der Waals surface area (Å²) in [7, 11) is 0. The molecule has 0 bridgehead atoms. The Morgan fingerprint density at radius 1 is 0.850 bits per heavy atom. The smallest absolute Gasteiger partial charge is 0.333 e. The number of hydrogen-bond acceptors (Lipinski definition) is 6. The van der Waals surface area contributed by atoms with Crippen molar-refractivity contribution in [3.63, 3.8) is 0 Å². The summed E-state index contributed by atoms with van der Waals surface area (Å²) in [5.74, 6) is -3.37. The van der Waals surface area contributed by atoms with Crippen molar-refractivity contribution in [1.29, 1.82) is 0 Å². The van der Waals surface area contributed by atoms with Crippen LogP contribution in [0.1, 0.15) is 26.7 Å². The fourth-order valence-corrected chi connectivity index (χ4v) is 0.669. The molecule has 0 heterocycles. The number of carboxylic acids is 2. The second-order valence-electron chi connectivity index (χ2n) is 3.48. The molecule has 0 aliphatic carbocycles. The molecule has 0 aliphatic heterocycles. The van der Waals surface area contributed by atoms with E-state index in [2.05, 4.69) is 0 Å². The minimum Gasteiger partial charge on any atom is -0.481 e. The number of carboxylic acid groups (broad SMARTS) is 2. The van der Waals surface area contributed by atoms with E-state index in [1.165, 1.54) is 13.8 Å². The zero-order valence-corrected chi connectivity index (χ0v) is 11.0. The van der Waals surface area contributed by atoms with E-state index < -0.39 is 30.6 Å². The predicted octanol–water partition coefficient (Wildman–Crippen LogP) is -2.83. The maximum Gasteiger partial charge on any atom is 0.333 e. The molecule has 0 aromatic carbocycles. The van der Waals surface area contributed by atoms with Gasteiger partial charge in [-0.3, -0.25) is 14.4 Å². The second-order valence-corrected chi connectivity index (χ2v) is 3.48. The van der Waals surface area contributed by atoms with Gasteiger partial charge in [0, 0.05) is 6.42 Å². The van der Waals surface area contributed by atoms with E-state index in [1.54, 1.807) is 0 Å². The van der Waals surface area contributed by atoms with Gasteiger partial charge in [-0.2, -0.15) is 0 Å². The average molecular weight is 300 g/mol. The number of carbonyl (C=O) groups excluding carboxylic acids is 2. The minimum absolute atomic E-state index is 0. The van der Waals surface area contributed by atoms with Gasteiger partial charge in [-0.1, -0.05) is 0 Å². The molecule has 0 rings (SSSR count). The predicted molar refractivity (Wildman–Crippen MR) is 65.1 cm³/mol. The van der Waals surface area contributed by atoms with Crippen molar-refractivity contribution < 1.29 is 50.6 Å². The molecule has 10 heteroatoms. The molecule has 20 heavy (non-hydrogen) atoms. The molecule has 0 amide bonds. The number of ketones is 2. The summed E-state index contributed by atoms with van der Waals surface area (Å²) in [5.41, 5.74) is 0. The molecule has 0 saturated carbocycles. The highest BCUT2D eigenvalue weighted by Gasteiger charge is 2.16. The molecule has 0 radical (unpaired) electrons. The fraction of sp³-hybridized carbons (Fsp3) is 0.600. The number of aliphatic hydroxyl groups is 2. The van der Waals surface area contributed by atoms with Crippen molar-refractivity contribution in [2.24, 2.45) is 0 Å². The first-order valence-corrected chi connectivity index (χ1v) is 4.88. The third-order valence-electron chi connectivity index (χ3n) is 1.60. The summed E-state index contributed by atoms with van der Waals surface area (Å²) in [4.78, 5) is 39.9. The van der Waals surface area contributed by atoms with Crippen LogP contribution < -0.4 is 0 Å². The average Bonchev–Trinajstić information content (AvgIpc) is 2.16. The van der Waals surface area contributed by atoms with Crippen LogP contribution in [-0.2, 0) is 19.2 Å². The van der Waals surface area contributed by atoms with Crippen LogP contribution in [0.2, 0.25) is 0 Å². The Balaban J connectivity index is -0.000000116. The summed E-state index contributed by atoms with van der Waals surface area (Å²) in [6.07, 6.45) is -3.70. The van der Waals surface area contributed by atoms with Gasteiger partial charge in [0.05, 0.1) is 6.42 Å². The number of aliphatic carboxylic acids is 2. The number of aliphatic hydroxyl groups excluding tert-OH is 2. The van der Waals surface area contributed by atoms with Crippen LogP contribution in [0.4, 0.5) is 0 Å². The molecule has 0 aromatic heterocycles. The van der Waals surface area contributed by atoms with Crippen LogP contribution >= 0.6 is 0 Å². The van der Waals surface area contributed by atoms with Gasteiger partial charge < -0.3 is 31.4 Å². The van der Waals surface area contributed by atoms with Gasteiger partial charge in [0.2, 0.25) is 0 Å². The zero-order valence-electron chi connectivity index (χ0n) is 11.0. The highest BCUT2D eigenvalue weighted by Crippen LogP contribution is 1.92. The molecule has 0 aromatic rings. The lowest BCUT2D eigenvalue weighted by Crippen LogP contribution is -2.22. The largest absolute Gasteiger partial charge is 0.481 e. The zero-order chi connectivity index (χ0) is 14.9. The Hall–Kier alpha value is -1.88. The Labute approximate surface area is 114 Å². The van der Waals surface area contributed by atoms with E-state index in [0.29, 0.717) is 0 Å². The normalized spacial score (nSPS) is 11.4. The fourth-order valence-electron chi connectivity index (χ4n) is 0.669. The van der Waals surface area contributed by atoms with E-state index in [1.807, 2.05) is 0 Å². The quantitative estimate of drug-likeness (QED) is 0.400. The molecule has 8 N–H and O–H groups in total. The molecular weight excluding hydrogens is 280 g/mol. The van der Waals surface area contributed by atoms with Crippen LogP contribution in [0.25, 0.3) is 0 Å². The molecule has 2 atom stereocenters. The van der Waals surface area contributed by atoms with E-state index in [-0.39, 0.29) is 28.9 Å². The Kier molecular flexibility index (Phi) is 18.0. The third-order valence-corrected chi connectivity index (χ3v) is 1.60. The first-order chi connectivity index (χ1) is 8.07. The van der Waals surface area contributed by atoms with Crippen molar-refractivity contribution >= 4 is 23.5 Å². The van der Waals surface area contributed by atoms with Crippen molar-refractivity contribution in [1.82, 2.24) is 0 Å². The minimum atomic E-state index is -1.79. The third kappa shape index (κ3) is 18.5. The van der Waals surface area contributed by atoms with Crippen molar-refractivity contribution in [3.05, 3.63) is 0 Å². The van der Waals surface area contributed by atoms with E-state index in [9.17, 15) is 19.2 Å². The summed E-state index contributed by atoms with van der Waals surface area (Å²) in [6.45, 7) is 2.60. The molecule has 2 unspecified atom stereocenters. The molecule has 0 aliphatic rings. The van der Waals surface area contributed by atoms with Crippen LogP contribution in [-0.4, -0.2) is 67.1 Å². The van der Waals surface area contributed by atoms with Crippen molar-refractivity contribution in [2.75, 3.05) is 0 Å². The van der Waals surface area contributed by atoms with Crippen molar-refractivity contribution in [3.8, 4) is 0 Å². The summed E-state index contributed by atoms with van der Waals surface area (Å²) in [6, 6.07) is 0. The van der Waals surface area contributed by atoms with Crippen LogP contribution in [0, 0.1) is 0 Å². The Morgan fingerprint density at radius 2 is 1.25 bits per heavy atom. The van der Waals surface area contributed by atoms with Gasteiger partial charge in [-0.25, -0.2) is 4.79 Å². The number of rotatable bonds is 6. The van der Waals surface area contributed by atoms with Gasteiger partial charge in [-0.05, 0) is 13.8 Å². The van der Waals surface area contributed by atoms with E-state index in [4.69, 9.17) is 20.4 Å². The van der Waals surface area contributed by atoms with Crippen LogP contribution in [0.3, 0.4) is 0 Å². The molecular formula is C10H20O10. The SMILES string of the molecule is CC(=O)CC(O)C(C)=O.O.O.O=C(O)CC(O)C(=O)O. The standard InChI is InChI=1S/C6H10O3.C4H6O5.2H2O/c1-4(7)3-6(9)5(2)8;5-2(4(8)9)1-3(6)7;;/h6,9H,3H2,1-2H3;2,5H,1H2,(H,6,7)(H,8,9);2*1H2. The summed E-state index contributed by atoms with van der Waals surface area (Å²) >= 11 is 0. The number of hydrogen-bond donors (Lipinski definition) is 4. The topological polar surface area (TPSA) is 212 Å². The van der Waals surface area contributed by atoms with Gasteiger partial charge in [0.1, 0.15) is 11.9 Å². The van der Waals surface area contributed by atoms with E-state index >= 15 is 0 Å². The lowest BCUT2D eigenvalue weighted by Gasteiger charge is -2.00. The highest BCUT2D eigenvalue weighted by molar-refractivity contribution is 5.86. The van der Waals surface area contributed by atoms with Crippen molar-refractivity contribution in [2.45, 2.75) is 38.9 Å². The lowest BCUT2D eigenvalue weighted by molar-refractivity contribution is -0.152. The Morgan fingerprint density at radius 3 is 1.35 bits per heavy atom. The van der Waals surface area contributed by atoms with Gasteiger partial charge in [-0.15, -0.1) is 0 Å². The monoisotopic (exact) mass is 300 g/mol. The van der Waals surface area contributed by atoms with Crippen LogP contribution in [0.5, 0.6) is 0 Å². The molecule has 0 spiro atoms. The number of carbonyl (C=O) groups is 4. The molecule has 0 saturated heterocycles. The molecule has 120 valence electrons. The summed E-state index contributed by atoms with van der Waals surface area (Å²) < 4.78 is 0. The van der Waals surface area contributed by atoms with Gasteiger partial charge >= 0.3 is 11.9 Å². The Bertz CT molecular complexity index is 292. The number of Topliss-reactive ketones (excluding diaryl/α,β-unsaturated/α-hetero) is 2.